The minimum atomic E-state index is -3.63. The van der Waals surface area contributed by atoms with E-state index in [1.54, 1.807) is 6.07 Å². The topological polar surface area (TPSA) is 87.7 Å². The van der Waals surface area contributed by atoms with Crippen molar-refractivity contribution in [2.45, 2.75) is 43.2 Å². The van der Waals surface area contributed by atoms with Gasteiger partial charge in [-0.1, -0.05) is 0 Å². The van der Waals surface area contributed by atoms with Gasteiger partial charge in [-0.15, -0.1) is 0 Å². The number of rotatable bonds is 4. The predicted molar refractivity (Wildman–Crippen MR) is 96.9 cm³/mol. The summed E-state index contributed by atoms with van der Waals surface area (Å²) in [6.45, 7) is 4.98. The van der Waals surface area contributed by atoms with Gasteiger partial charge in [-0.25, -0.2) is 13.1 Å². The first-order valence-corrected chi connectivity index (χ1v) is 10.7. The summed E-state index contributed by atoms with van der Waals surface area (Å²) in [6, 6.07) is 3.15. The molecule has 2 unspecified atom stereocenters. The van der Waals surface area contributed by atoms with Gasteiger partial charge in [-0.2, -0.15) is 0 Å². The summed E-state index contributed by atoms with van der Waals surface area (Å²) in [4.78, 5) is 15.5. The predicted octanol–water partition coefficient (Wildman–Crippen LogP) is 0.742. The van der Waals surface area contributed by atoms with Crippen molar-refractivity contribution >= 4 is 15.9 Å². The molecule has 0 saturated carbocycles. The second kappa shape index (κ2) is 6.51. The molecule has 26 heavy (non-hydrogen) atoms. The van der Waals surface area contributed by atoms with Crippen LogP contribution >= 0.6 is 0 Å². The Balaban J connectivity index is 1.65. The fourth-order valence-electron chi connectivity index (χ4n) is 4.32. The Kier molecular flexibility index (Phi) is 4.45. The highest BCUT2D eigenvalue weighted by Crippen LogP contribution is 2.35. The molecule has 1 amide bonds. The summed E-state index contributed by atoms with van der Waals surface area (Å²) in [5.74, 6) is 0.773. The molecule has 8 heteroatoms. The number of hydrogen-bond acceptors (Lipinski definition) is 5. The molecule has 1 aromatic carbocycles. The second-order valence-corrected chi connectivity index (χ2v) is 9.40. The van der Waals surface area contributed by atoms with Gasteiger partial charge >= 0.3 is 0 Å². The lowest BCUT2D eigenvalue weighted by molar-refractivity contribution is 0.0618. The molecule has 4 heterocycles. The van der Waals surface area contributed by atoms with Crippen molar-refractivity contribution in [1.82, 2.24) is 14.9 Å². The molecule has 0 aromatic heterocycles. The third kappa shape index (κ3) is 3.10. The summed E-state index contributed by atoms with van der Waals surface area (Å²) < 4.78 is 32.7. The summed E-state index contributed by atoms with van der Waals surface area (Å²) in [5.41, 5.74) is 1.09. The van der Waals surface area contributed by atoms with E-state index in [4.69, 9.17) is 4.74 Å². The summed E-state index contributed by atoms with van der Waals surface area (Å²) in [6.07, 6.45) is 2.73. The SMILES string of the molecule is CNS(=O)(=O)c1cc2c(c(C(=O)NC3CN4CCC3CC4)c1)OC(C)C2. The molecule has 5 rings (SSSR count). The number of nitrogens with zero attached hydrogens (tertiary/aromatic N) is 1. The molecule has 2 atom stereocenters. The normalized spacial score (nSPS) is 29.9. The van der Waals surface area contributed by atoms with Crippen LogP contribution in [-0.2, 0) is 16.4 Å². The number of piperidine rings is 3. The Labute approximate surface area is 154 Å². The van der Waals surface area contributed by atoms with Crippen LogP contribution in [0.1, 0.15) is 35.7 Å². The molecule has 4 aliphatic rings. The number of carbonyl (C=O) groups excluding carboxylic acids is 1. The minimum absolute atomic E-state index is 0.0686. The molecule has 7 nitrogen and oxygen atoms in total. The van der Waals surface area contributed by atoms with E-state index in [2.05, 4.69) is 14.9 Å². The van der Waals surface area contributed by atoms with Crippen LogP contribution in [-0.4, -0.2) is 58.1 Å². The van der Waals surface area contributed by atoms with Gasteiger partial charge in [0.1, 0.15) is 11.9 Å². The molecule has 0 spiro atoms. The van der Waals surface area contributed by atoms with E-state index in [0.717, 1.165) is 38.0 Å². The first-order chi connectivity index (χ1) is 12.4. The van der Waals surface area contributed by atoms with E-state index in [-0.39, 0.29) is 22.9 Å². The van der Waals surface area contributed by atoms with E-state index in [1.807, 2.05) is 6.92 Å². The zero-order chi connectivity index (χ0) is 18.5. The largest absolute Gasteiger partial charge is 0.489 e. The third-order valence-corrected chi connectivity index (χ3v) is 7.16. The summed E-state index contributed by atoms with van der Waals surface area (Å²) in [7, 11) is -2.26. The van der Waals surface area contributed by atoms with Crippen LogP contribution in [0.4, 0.5) is 0 Å². The van der Waals surface area contributed by atoms with Crippen molar-refractivity contribution in [2.24, 2.45) is 5.92 Å². The molecular formula is C18H25N3O4S. The number of sulfonamides is 1. The maximum absolute atomic E-state index is 13.0. The molecule has 2 bridgehead atoms. The lowest BCUT2D eigenvalue weighted by Gasteiger charge is -2.44. The maximum Gasteiger partial charge on any atom is 0.255 e. The average Bonchev–Trinajstić information content (AvgIpc) is 3.01. The lowest BCUT2D eigenvalue weighted by atomic mass is 9.84. The minimum Gasteiger partial charge on any atom is -0.489 e. The summed E-state index contributed by atoms with van der Waals surface area (Å²) >= 11 is 0. The molecule has 4 aliphatic heterocycles. The molecule has 3 saturated heterocycles. The Hall–Kier alpha value is -1.64. The average molecular weight is 379 g/mol. The first-order valence-electron chi connectivity index (χ1n) is 9.17. The Bertz CT molecular complexity index is 831. The van der Waals surface area contributed by atoms with Crippen LogP contribution in [0.5, 0.6) is 5.75 Å². The standard InChI is InChI=1S/C18H25N3O4S/c1-11-7-13-8-14(26(23,24)19-2)9-15(17(13)25-11)18(22)20-16-10-21-5-3-12(16)4-6-21/h8-9,11-12,16,19H,3-7,10H2,1-2H3,(H,20,22). The lowest BCUT2D eigenvalue weighted by Crippen LogP contribution is -2.57. The first kappa shape index (κ1) is 17.8. The number of hydrogen-bond donors (Lipinski definition) is 2. The fourth-order valence-corrected chi connectivity index (χ4v) is 5.13. The van der Waals surface area contributed by atoms with E-state index in [1.165, 1.54) is 13.1 Å². The van der Waals surface area contributed by atoms with E-state index >= 15 is 0 Å². The van der Waals surface area contributed by atoms with Crippen LogP contribution in [0.3, 0.4) is 0 Å². The van der Waals surface area contributed by atoms with Crippen LogP contribution < -0.4 is 14.8 Å². The molecule has 1 aromatic rings. The molecular weight excluding hydrogens is 354 g/mol. The number of fused-ring (bicyclic) bond motifs is 4. The van der Waals surface area contributed by atoms with Crippen molar-refractivity contribution in [3.63, 3.8) is 0 Å². The number of benzene rings is 1. The highest BCUT2D eigenvalue weighted by Gasteiger charge is 2.36. The van der Waals surface area contributed by atoms with Gasteiger partial charge in [0.05, 0.1) is 10.5 Å². The van der Waals surface area contributed by atoms with Crippen molar-refractivity contribution in [3.05, 3.63) is 23.3 Å². The maximum atomic E-state index is 13.0. The van der Waals surface area contributed by atoms with Gasteiger partial charge in [0.2, 0.25) is 10.0 Å². The van der Waals surface area contributed by atoms with Gasteiger partial charge < -0.3 is 15.0 Å². The van der Waals surface area contributed by atoms with Crippen molar-refractivity contribution < 1.29 is 17.9 Å². The van der Waals surface area contributed by atoms with Crippen LogP contribution in [0, 0.1) is 5.92 Å². The molecule has 3 fully saturated rings. The zero-order valence-electron chi connectivity index (χ0n) is 15.1. The summed E-state index contributed by atoms with van der Waals surface area (Å²) in [5, 5.41) is 3.13. The molecule has 0 aliphatic carbocycles. The second-order valence-electron chi connectivity index (χ2n) is 7.52. The Morgan fingerprint density at radius 1 is 1.27 bits per heavy atom. The number of amides is 1. The van der Waals surface area contributed by atoms with Gasteiger partial charge in [0.15, 0.2) is 0 Å². The monoisotopic (exact) mass is 379 g/mol. The Morgan fingerprint density at radius 3 is 2.62 bits per heavy atom. The van der Waals surface area contributed by atoms with E-state index < -0.39 is 10.0 Å². The van der Waals surface area contributed by atoms with Gasteiger partial charge in [-0.05, 0) is 63.5 Å². The van der Waals surface area contributed by atoms with Gasteiger partial charge in [-0.3, -0.25) is 4.79 Å². The van der Waals surface area contributed by atoms with Crippen molar-refractivity contribution in [2.75, 3.05) is 26.7 Å². The van der Waals surface area contributed by atoms with Gasteiger partial charge in [0, 0.05) is 19.0 Å². The Morgan fingerprint density at radius 2 is 2.00 bits per heavy atom. The quantitative estimate of drug-likeness (QED) is 0.806. The van der Waals surface area contributed by atoms with Crippen molar-refractivity contribution in [3.8, 4) is 5.75 Å². The zero-order valence-corrected chi connectivity index (χ0v) is 15.9. The third-order valence-electron chi connectivity index (χ3n) is 5.76. The van der Waals surface area contributed by atoms with Crippen molar-refractivity contribution in [1.29, 1.82) is 0 Å². The highest BCUT2D eigenvalue weighted by atomic mass is 32.2. The van der Waals surface area contributed by atoms with Crippen LogP contribution in [0.25, 0.3) is 0 Å². The van der Waals surface area contributed by atoms with E-state index in [0.29, 0.717) is 23.7 Å². The fraction of sp³-hybridized carbons (Fsp3) is 0.611. The molecule has 2 N–H and O–H groups in total. The number of carbonyl (C=O) groups is 1. The molecule has 0 radical (unpaired) electrons. The number of nitrogens with one attached hydrogen (secondary N) is 2. The number of ether oxygens (including phenoxy) is 1. The van der Waals surface area contributed by atoms with Crippen LogP contribution in [0.2, 0.25) is 0 Å². The molecule has 142 valence electrons. The smallest absolute Gasteiger partial charge is 0.255 e. The van der Waals surface area contributed by atoms with Crippen LogP contribution in [0.15, 0.2) is 17.0 Å². The highest BCUT2D eigenvalue weighted by molar-refractivity contribution is 7.89. The van der Waals surface area contributed by atoms with Gasteiger partial charge in [0.25, 0.3) is 5.91 Å². The van der Waals surface area contributed by atoms with E-state index in [9.17, 15) is 13.2 Å².